The predicted octanol–water partition coefficient (Wildman–Crippen LogP) is 3.74. The van der Waals surface area contributed by atoms with Gasteiger partial charge >= 0.3 is 0 Å². The molecule has 2 heterocycles. The summed E-state index contributed by atoms with van der Waals surface area (Å²) in [5.74, 6) is 2.17. The zero-order chi connectivity index (χ0) is 19.5. The summed E-state index contributed by atoms with van der Waals surface area (Å²) in [6, 6.07) is 10.4. The van der Waals surface area contributed by atoms with Crippen molar-refractivity contribution in [2.45, 2.75) is 13.5 Å². The molecular formula is C19H16BrN3O5. The largest absolute Gasteiger partial charge is 0.486 e. The van der Waals surface area contributed by atoms with E-state index in [2.05, 4.69) is 31.4 Å². The number of hydrogen-bond acceptors (Lipinski definition) is 7. The smallest absolute Gasteiger partial charge is 0.259 e. The lowest BCUT2D eigenvalue weighted by Crippen LogP contribution is -2.17. The molecule has 28 heavy (non-hydrogen) atoms. The molecule has 0 fully saturated rings. The normalized spacial score (nSPS) is 12.5. The second-order valence-corrected chi connectivity index (χ2v) is 6.80. The third-order valence-electron chi connectivity index (χ3n) is 3.94. The zero-order valence-corrected chi connectivity index (χ0v) is 16.5. The molecule has 1 aromatic heterocycles. The summed E-state index contributed by atoms with van der Waals surface area (Å²) < 4.78 is 22.4. The number of nitrogens with one attached hydrogen (secondary N) is 1. The van der Waals surface area contributed by atoms with Crippen LogP contribution in [0, 0.1) is 6.92 Å². The van der Waals surface area contributed by atoms with Crippen molar-refractivity contribution >= 4 is 27.5 Å². The summed E-state index contributed by atoms with van der Waals surface area (Å²) in [5, 5.41) is 6.65. The van der Waals surface area contributed by atoms with Crippen LogP contribution in [0.4, 0.5) is 5.69 Å². The van der Waals surface area contributed by atoms with E-state index in [4.69, 9.17) is 18.7 Å². The van der Waals surface area contributed by atoms with Gasteiger partial charge in [-0.3, -0.25) is 4.79 Å². The van der Waals surface area contributed by atoms with Gasteiger partial charge in [0.05, 0.1) is 11.3 Å². The average molecular weight is 446 g/mol. The highest BCUT2D eigenvalue weighted by Crippen LogP contribution is 2.38. The minimum absolute atomic E-state index is 0.0926. The number of carbonyl (C=O) groups excluding carboxylic acids is 1. The molecule has 0 unspecified atom stereocenters. The number of rotatable bonds is 5. The Morgan fingerprint density at radius 3 is 2.71 bits per heavy atom. The van der Waals surface area contributed by atoms with E-state index in [0.29, 0.717) is 57.9 Å². The maximum absolute atomic E-state index is 12.8. The first-order chi connectivity index (χ1) is 13.6. The summed E-state index contributed by atoms with van der Waals surface area (Å²) in [5.41, 5.74) is 0.947. The van der Waals surface area contributed by atoms with Gasteiger partial charge < -0.3 is 24.1 Å². The number of aromatic nitrogens is 2. The Bertz CT molecular complexity index is 1020. The molecule has 2 aromatic carbocycles. The van der Waals surface area contributed by atoms with Crippen LogP contribution in [0.5, 0.6) is 17.2 Å². The number of fused-ring (bicyclic) bond motifs is 1. The first-order valence-corrected chi connectivity index (χ1v) is 9.31. The molecule has 0 saturated carbocycles. The molecule has 1 aliphatic heterocycles. The fourth-order valence-corrected chi connectivity index (χ4v) is 3.09. The molecule has 1 aliphatic rings. The Morgan fingerprint density at radius 1 is 1.21 bits per heavy atom. The number of hydrogen-bond donors (Lipinski definition) is 1. The topological polar surface area (TPSA) is 95.7 Å². The van der Waals surface area contributed by atoms with Gasteiger partial charge in [0.15, 0.2) is 18.1 Å². The van der Waals surface area contributed by atoms with E-state index in [1.54, 1.807) is 43.3 Å². The second kappa shape index (κ2) is 7.89. The number of aryl methyl sites for hydroxylation is 1. The van der Waals surface area contributed by atoms with Crippen molar-refractivity contribution in [1.82, 2.24) is 10.1 Å². The second-order valence-electron chi connectivity index (χ2n) is 5.94. The van der Waals surface area contributed by atoms with Crippen molar-refractivity contribution in [2.24, 2.45) is 0 Å². The number of para-hydroxylation sites is 1. The first kappa shape index (κ1) is 18.3. The van der Waals surface area contributed by atoms with Gasteiger partial charge in [0.2, 0.25) is 11.7 Å². The maximum Gasteiger partial charge on any atom is 0.259 e. The molecule has 1 amide bonds. The van der Waals surface area contributed by atoms with Crippen molar-refractivity contribution in [3.63, 3.8) is 0 Å². The van der Waals surface area contributed by atoms with Crippen LogP contribution in [0.2, 0.25) is 0 Å². The molecule has 0 radical (unpaired) electrons. The molecule has 1 N–H and O–H groups in total. The van der Waals surface area contributed by atoms with Crippen LogP contribution < -0.4 is 19.5 Å². The molecule has 4 rings (SSSR count). The van der Waals surface area contributed by atoms with Crippen molar-refractivity contribution in [3.05, 3.63) is 58.1 Å². The monoisotopic (exact) mass is 445 g/mol. The quantitative estimate of drug-likeness (QED) is 0.638. The van der Waals surface area contributed by atoms with E-state index < -0.39 is 0 Å². The number of ether oxygens (including phenoxy) is 3. The summed E-state index contributed by atoms with van der Waals surface area (Å²) in [6.07, 6.45) is 0. The summed E-state index contributed by atoms with van der Waals surface area (Å²) in [6.45, 7) is 2.75. The van der Waals surface area contributed by atoms with E-state index >= 15 is 0 Å². The van der Waals surface area contributed by atoms with Crippen LogP contribution in [0.25, 0.3) is 0 Å². The number of anilines is 1. The van der Waals surface area contributed by atoms with Gasteiger partial charge in [-0.2, -0.15) is 4.98 Å². The van der Waals surface area contributed by atoms with E-state index in [0.717, 1.165) is 0 Å². The zero-order valence-electron chi connectivity index (χ0n) is 14.9. The Hall–Kier alpha value is -3.07. The Labute approximate surface area is 168 Å². The number of benzene rings is 2. The third-order valence-corrected chi connectivity index (χ3v) is 4.59. The lowest BCUT2D eigenvalue weighted by Gasteiger charge is -2.20. The van der Waals surface area contributed by atoms with Crippen LogP contribution >= 0.6 is 15.9 Å². The van der Waals surface area contributed by atoms with Gasteiger partial charge in [0.1, 0.15) is 19.0 Å². The fraction of sp³-hybridized carbons (Fsp3) is 0.211. The Morgan fingerprint density at radius 2 is 1.96 bits per heavy atom. The SMILES string of the molecule is Cc1nc(COc2ccccc2C(=O)Nc2cc3c(cc2Br)OCCO3)no1. The van der Waals surface area contributed by atoms with E-state index in [1.807, 2.05) is 0 Å². The lowest BCUT2D eigenvalue weighted by atomic mass is 10.1. The van der Waals surface area contributed by atoms with Crippen LogP contribution in [0.15, 0.2) is 45.4 Å². The predicted molar refractivity (Wildman–Crippen MR) is 103 cm³/mol. The van der Waals surface area contributed by atoms with Gasteiger partial charge in [-0.05, 0) is 28.1 Å². The molecular weight excluding hydrogens is 430 g/mol. The van der Waals surface area contributed by atoms with Gasteiger partial charge in [0.25, 0.3) is 5.91 Å². The fourth-order valence-electron chi connectivity index (χ4n) is 2.67. The third kappa shape index (κ3) is 3.94. The maximum atomic E-state index is 12.8. The summed E-state index contributed by atoms with van der Waals surface area (Å²) in [7, 11) is 0. The van der Waals surface area contributed by atoms with Gasteiger partial charge in [-0.15, -0.1) is 0 Å². The van der Waals surface area contributed by atoms with E-state index in [1.165, 1.54) is 0 Å². The molecule has 3 aromatic rings. The molecule has 8 nitrogen and oxygen atoms in total. The Kier molecular flexibility index (Phi) is 5.16. The van der Waals surface area contributed by atoms with Crippen LogP contribution in [0.1, 0.15) is 22.1 Å². The standard InChI is InChI=1S/C19H16BrN3O5/c1-11-21-18(23-28-11)10-27-15-5-3-2-4-12(15)19(24)22-14-9-17-16(8-13(14)20)25-6-7-26-17/h2-5,8-9H,6-7,10H2,1H3,(H,22,24). The number of nitrogens with zero attached hydrogens (tertiary/aromatic N) is 2. The van der Waals surface area contributed by atoms with Crippen molar-refractivity contribution in [3.8, 4) is 17.2 Å². The molecule has 0 bridgehead atoms. The lowest BCUT2D eigenvalue weighted by molar-refractivity contribution is 0.102. The van der Waals surface area contributed by atoms with E-state index in [-0.39, 0.29) is 12.5 Å². The molecule has 9 heteroatoms. The highest BCUT2D eigenvalue weighted by molar-refractivity contribution is 9.10. The van der Waals surface area contributed by atoms with Gasteiger partial charge in [-0.25, -0.2) is 0 Å². The average Bonchev–Trinajstić information content (AvgIpc) is 3.12. The van der Waals surface area contributed by atoms with Gasteiger partial charge in [0, 0.05) is 23.5 Å². The summed E-state index contributed by atoms with van der Waals surface area (Å²) in [4.78, 5) is 16.9. The van der Waals surface area contributed by atoms with Gasteiger partial charge in [-0.1, -0.05) is 17.3 Å². The van der Waals surface area contributed by atoms with E-state index in [9.17, 15) is 4.79 Å². The number of amides is 1. The van der Waals surface area contributed by atoms with Crippen molar-refractivity contribution in [2.75, 3.05) is 18.5 Å². The van der Waals surface area contributed by atoms with Crippen LogP contribution in [-0.2, 0) is 6.61 Å². The van der Waals surface area contributed by atoms with Crippen LogP contribution in [-0.4, -0.2) is 29.3 Å². The highest BCUT2D eigenvalue weighted by atomic mass is 79.9. The molecule has 144 valence electrons. The summed E-state index contributed by atoms with van der Waals surface area (Å²) >= 11 is 3.45. The Balaban J connectivity index is 1.52. The first-order valence-electron chi connectivity index (χ1n) is 8.51. The van der Waals surface area contributed by atoms with Crippen molar-refractivity contribution in [1.29, 1.82) is 0 Å². The molecule has 0 aliphatic carbocycles. The number of halogens is 1. The minimum atomic E-state index is -0.322. The van der Waals surface area contributed by atoms with Crippen LogP contribution in [0.3, 0.4) is 0 Å². The molecule has 0 saturated heterocycles. The number of carbonyl (C=O) groups is 1. The van der Waals surface area contributed by atoms with Crippen molar-refractivity contribution < 1.29 is 23.5 Å². The highest BCUT2D eigenvalue weighted by Gasteiger charge is 2.18. The minimum Gasteiger partial charge on any atom is -0.486 e. The molecule has 0 atom stereocenters. The molecule has 0 spiro atoms.